The first-order valence-electron chi connectivity index (χ1n) is 14.8. The van der Waals surface area contributed by atoms with E-state index >= 15 is 0 Å². The Labute approximate surface area is 263 Å². The van der Waals surface area contributed by atoms with Crippen LogP contribution in [0.4, 0.5) is 0 Å². The highest BCUT2D eigenvalue weighted by molar-refractivity contribution is 7.99. The molecule has 4 aromatic rings. The molecule has 44 heavy (non-hydrogen) atoms. The number of hydrogen-bond donors (Lipinski definition) is 0. The van der Waals surface area contributed by atoms with Crippen molar-refractivity contribution in [2.24, 2.45) is 0 Å². The Hall–Kier alpha value is -3.37. The summed E-state index contributed by atoms with van der Waals surface area (Å²) in [6, 6.07) is 34.2. The molecule has 0 bridgehead atoms. The molecule has 2 saturated heterocycles. The molecule has 0 amide bonds. The van der Waals surface area contributed by atoms with Gasteiger partial charge in [0.25, 0.3) is 0 Å². The van der Waals surface area contributed by atoms with E-state index in [1.807, 2.05) is 78.9 Å². The summed E-state index contributed by atoms with van der Waals surface area (Å²) in [7, 11) is 3.32. The Balaban J connectivity index is 1.30. The summed E-state index contributed by atoms with van der Waals surface area (Å²) in [5.74, 6) is 1.60. The van der Waals surface area contributed by atoms with Crippen LogP contribution >= 0.6 is 11.8 Å². The van der Waals surface area contributed by atoms with Gasteiger partial charge in [-0.25, -0.2) is 0 Å². The second kappa shape index (κ2) is 14.6. The number of aryl methyl sites for hydroxylation is 1. The van der Waals surface area contributed by atoms with Crippen molar-refractivity contribution in [1.82, 2.24) is 0 Å². The quantitative estimate of drug-likeness (QED) is 0.177. The fraction of sp³-hybridized carbons (Fsp3) is 0.333. The lowest BCUT2D eigenvalue weighted by molar-refractivity contribution is -0.329. The lowest BCUT2D eigenvalue weighted by atomic mass is 9.98. The van der Waals surface area contributed by atoms with Gasteiger partial charge in [0.15, 0.2) is 6.29 Å². The normalized spacial score (nSPS) is 24.8. The average Bonchev–Trinajstić information content (AvgIpc) is 3.08. The molecule has 0 spiro atoms. The third-order valence-electron chi connectivity index (χ3n) is 7.83. The molecule has 7 nitrogen and oxygen atoms in total. The highest BCUT2D eigenvalue weighted by atomic mass is 32.2. The monoisotopic (exact) mass is 614 g/mol. The van der Waals surface area contributed by atoms with Crippen molar-refractivity contribution in [3.8, 4) is 11.5 Å². The number of thioether (sulfide) groups is 1. The Bertz CT molecular complexity index is 1450. The number of hydrogen-bond acceptors (Lipinski definition) is 8. The van der Waals surface area contributed by atoms with E-state index in [0.29, 0.717) is 19.8 Å². The maximum Gasteiger partial charge on any atom is 0.184 e. The van der Waals surface area contributed by atoms with Crippen LogP contribution in [-0.2, 0) is 36.9 Å². The molecule has 4 aromatic carbocycles. The highest BCUT2D eigenvalue weighted by Gasteiger charge is 2.51. The van der Waals surface area contributed by atoms with Crippen molar-refractivity contribution in [1.29, 1.82) is 0 Å². The summed E-state index contributed by atoms with van der Waals surface area (Å²) < 4.78 is 43.7. The Morgan fingerprint density at radius 2 is 1.27 bits per heavy atom. The first kappa shape index (κ1) is 30.6. The van der Waals surface area contributed by atoms with Gasteiger partial charge in [0.05, 0.1) is 34.0 Å². The van der Waals surface area contributed by atoms with Gasteiger partial charge in [0, 0.05) is 10.5 Å². The average molecular weight is 615 g/mol. The molecule has 0 unspecified atom stereocenters. The largest absolute Gasteiger partial charge is 0.497 e. The lowest BCUT2D eigenvalue weighted by Gasteiger charge is -2.49. The predicted molar refractivity (Wildman–Crippen MR) is 169 cm³/mol. The second-order valence-corrected chi connectivity index (χ2v) is 12.1. The summed E-state index contributed by atoms with van der Waals surface area (Å²) in [6.45, 7) is 3.21. The molecule has 0 aliphatic carbocycles. The molecule has 0 saturated carbocycles. The smallest absolute Gasteiger partial charge is 0.184 e. The first-order chi connectivity index (χ1) is 21.6. The van der Waals surface area contributed by atoms with Gasteiger partial charge in [0.2, 0.25) is 0 Å². The van der Waals surface area contributed by atoms with Gasteiger partial charge in [-0.15, -0.1) is 0 Å². The van der Waals surface area contributed by atoms with Crippen LogP contribution in [0.5, 0.6) is 11.5 Å². The zero-order valence-corrected chi connectivity index (χ0v) is 26.0. The van der Waals surface area contributed by atoms with Crippen LogP contribution in [0, 0.1) is 6.92 Å². The van der Waals surface area contributed by atoms with Crippen LogP contribution in [0.1, 0.15) is 28.5 Å². The topological polar surface area (TPSA) is 64.6 Å². The van der Waals surface area contributed by atoms with E-state index in [0.717, 1.165) is 33.1 Å². The molecule has 6 rings (SSSR count). The summed E-state index contributed by atoms with van der Waals surface area (Å²) >= 11 is 1.63. The molecule has 8 heteroatoms. The summed E-state index contributed by atoms with van der Waals surface area (Å²) in [5.41, 5.74) is 3.84. The molecular weight excluding hydrogens is 576 g/mol. The lowest BCUT2D eigenvalue weighted by Crippen LogP contribution is -2.62. The van der Waals surface area contributed by atoms with Gasteiger partial charge in [-0.3, -0.25) is 0 Å². The van der Waals surface area contributed by atoms with E-state index in [4.69, 9.17) is 33.2 Å². The van der Waals surface area contributed by atoms with Gasteiger partial charge in [-0.1, -0.05) is 84.1 Å². The predicted octanol–water partition coefficient (Wildman–Crippen LogP) is 7.11. The van der Waals surface area contributed by atoms with Crippen molar-refractivity contribution < 1.29 is 33.2 Å². The highest BCUT2D eigenvalue weighted by Crippen LogP contribution is 2.41. The third kappa shape index (κ3) is 7.46. The van der Waals surface area contributed by atoms with E-state index in [1.54, 1.807) is 26.0 Å². The van der Waals surface area contributed by atoms with E-state index < -0.39 is 24.6 Å². The van der Waals surface area contributed by atoms with Gasteiger partial charge in [0.1, 0.15) is 41.4 Å². The van der Waals surface area contributed by atoms with Crippen LogP contribution in [-0.4, -0.2) is 50.7 Å². The van der Waals surface area contributed by atoms with Crippen molar-refractivity contribution in [2.45, 2.75) is 61.2 Å². The molecule has 230 valence electrons. The molecule has 0 N–H and O–H groups in total. The standard InChI is InChI=1S/C36H38O7S/c1-24-9-19-30(20-10-24)44-36-34(40-22-26-13-17-29(38-3)18-14-26)33(39-21-25-11-15-28(37-2)16-12-25)32-31(42-36)23-41-35(43-32)27-7-5-4-6-8-27/h4-20,31-36H,21-23H2,1-3H3/t31-,32+,33+,34-,35-,36-/m1/s1. The molecule has 2 fully saturated rings. The van der Waals surface area contributed by atoms with Crippen molar-refractivity contribution >= 4 is 11.8 Å². The van der Waals surface area contributed by atoms with Crippen LogP contribution in [0.2, 0.25) is 0 Å². The molecule has 0 aromatic heterocycles. The van der Waals surface area contributed by atoms with Gasteiger partial charge < -0.3 is 33.2 Å². The second-order valence-electron chi connectivity index (χ2n) is 10.9. The van der Waals surface area contributed by atoms with Gasteiger partial charge >= 0.3 is 0 Å². The molecule has 2 aliphatic rings. The minimum absolute atomic E-state index is 0.334. The summed E-state index contributed by atoms with van der Waals surface area (Å²) in [6.07, 6.45) is -2.16. The SMILES string of the molecule is COc1ccc(CO[C@@H]2[C@@H](OCc3ccc(OC)cc3)[C@@H](Sc3ccc(C)cc3)O[C@@H]3CO[C@@H](c4ccccc4)O[C@H]23)cc1. The van der Waals surface area contributed by atoms with E-state index in [-0.39, 0.29) is 11.5 Å². The maximum atomic E-state index is 6.76. The Kier molecular flexibility index (Phi) is 10.2. The zero-order valence-electron chi connectivity index (χ0n) is 25.2. The first-order valence-corrected chi connectivity index (χ1v) is 15.7. The van der Waals surface area contributed by atoms with Gasteiger partial charge in [-0.2, -0.15) is 0 Å². The Morgan fingerprint density at radius 3 is 1.86 bits per heavy atom. The molecular formula is C36H38O7S. The minimum Gasteiger partial charge on any atom is -0.497 e. The van der Waals surface area contributed by atoms with Crippen molar-refractivity contribution in [3.63, 3.8) is 0 Å². The maximum absolute atomic E-state index is 6.76. The third-order valence-corrected chi connectivity index (χ3v) is 8.99. The van der Waals surface area contributed by atoms with E-state index in [1.165, 1.54) is 5.56 Å². The van der Waals surface area contributed by atoms with Crippen molar-refractivity contribution in [2.75, 3.05) is 20.8 Å². The van der Waals surface area contributed by atoms with Crippen LogP contribution in [0.15, 0.2) is 108 Å². The van der Waals surface area contributed by atoms with Gasteiger partial charge in [-0.05, 0) is 54.4 Å². The number of methoxy groups -OCH3 is 2. The Morgan fingerprint density at radius 1 is 0.682 bits per heavy atom. The zero-order chi connectivity index (χ0) is 30.3. The number of rotatable bonds is 11. The van der Waals surface area contributed by atoms with Crippen molar-refractivity contribution in [3.05, 3.63) is 125 Å². The number of ether oxygens (including phenoxy) is 7. The van der Waals surface area contributed by atoms with E-state index in [2.05, 4.69) is 31.2 Å². The fourth-order valence-electron chi connectivity index (χ4n) is 5.37. The molecule has 2 heterocycles. The summed E-state index contributed by atoms with van der Waals surface area (Å²) in [5, 5.41) is 0. The number of benzene rings is 4. The molecule has 0 radical (unpaired) electrons. The number of fused-ring (bicyclic) bond motifs is 1. The van der Waals surface area contributed by atoms with Crippen LogP contribution in [0.25, 0.3) is 0 Å². The fourth-order valence-corrected chi connectivity index (χ4v) is 6.49. The molecule has 6 atom stereocenters. The minimum atomic E-state index is -0.531. The van der Waals surface area contributed by atoms with Crippen LogP contribution < -0.4 is 9.47 Å². The molecule has 2 aliphatic heterocycles. The summed E-state index contributed by atoms with van der Waals surface area (Å²) in [4.78, 5) is 1.09. The van der Waals surface area contributed by atoms with E-state index in [9.17, 15) is 0 Å². The van der Waals surface area contributed by atoms with Crippen LogP contribution in [0.3, 0.4) is 0 Å².